The third-order valence-corrected chi connectivity index (χ3v) is 2.98. The van der Waals surface area contributed by atoms with E-state index in [4.69, 9.17) is 9.84 Å². The lowest BCUT2D eigenvalue weighted by Gasteiger charge is -2.19. The summed E-state index contributed by atoms with van der Waals surface area (Å²) in [6.07, 6.45) is 0. The number of amides is 1. The smallest absolute Gasteiger partial charge is 0.336 e. The van der Waals surface area contributed by atoms with Crippen molar-refractivity contribution < 1.29 is 19.4 Å². The van der Waals surface area contributed by atoms with Crippen LogP contribution in [0.1, 0.15) is 29.8 Å². The molecule has 1 aromatic rings. The highest BCUT2D eigenvalue weighted by molar-refractivity contribution is 5.90. The van der Waals surface area contributed by atoms with Gasteiger partial charge < -0.3 is 14.7 Å². The third kappa shape index (κ3) is 3.71. The molecule has 19 heavy (non-hydrogen) atoms. The molecule has 0 bridgehead atoms. The molecule has 104 valence electrons. The van der Waals surface area contributed by atoms with E-state index in [0.29, 0.717) is 24.4 Å². The summed E-state index contributed by atoms with van der Waals surface area (Å²) in [6, 6.07) is 4.78. The van der Waals surface area contributed by atoms with Gasteiger partial charge in [-0.05, 0) is 32.9 Å². The summed E-state index contributed by atoms with van der Waals surface area (Å²) in [5, 5.41) is 9.00. The van der Waals surface area contributed by atoms with E-state index in [0.717, 1.165) is 0 Å². The predicted octanol–water partition coefficient (Wildman–Crippen LogP) is 1.94. The highest BCUT2D eigenvalue weighted by Crippen LogP contribution is 2.21. The van der Waals surface area contributed by atoms with Crippen LogP contribution in [0.3, 0.4) is 0 Å². The second kappa shape index (κ2) is 6.78. The molecular formula is C14H19NO4. The van der Waals surface area contributed by atoms with Crippen LogP contribution < -0.4 is 4.74 Å². The van der Waals surface area contributed by atoms with Gasteiger partial charge in [0.2, 0.25) is 0 Å². The SMILES string of the molecule is CCN(CC)C(=O)COc1cccc(C(=O)O)c1C. The minimum atomic E-state index is -1.00. The van der Waals surface area contributed by atoms with Crippen molar-refractivity contribution in [3.8, 4) is 5.75 Å². The van der Waals surface area contributed by atoms with Gasteiger partial charge in [-0.15, -0.1) is 0 Å². The summed E-state index contributed by atoms with van der Waals surface area (Å²) in [7, 11) is 0. The Bertz CT molecular complexity index is 467. The van der Waals surface area contributed by atoms with Crippen LogP contribution in [0.4, 0.5) is 0 Å². The molecule has 5 heteroatoms. The zero-order valence-electron chi connectivity index (χ0n) is 11.5. The van der Waals surface area contributed by atoms with Crippen LogP contribution in [0.5, 0.6) is 5.75 Å². The van der Waals surface area contributed by atoms with Gasteiger partial charge in [-0.3, -0.25) is 4.79 Å². The number of carbonyl (C=O) groups is 2. The zero-order valence-corrected chi connectivity index (χ0v) is 11.5. The molecular weight excluding hydrogens is 246 g/mol. The summed E-state index contributed by atoms with van der Waals surface area (Å²) < 4.78 is 5.42. The summed E-state index contributed by atoms with van der Waals surface area (Å²) in [6.45, 7) is 6.65. The first-order valence-corrected chi connectivity index (χ1v) is 6.24. The van der Waals surface area contributed by atoms with Gasteiger partial charge in [0.1, 0.15) is 5.75 Å². The Labute approximate surface area is 112 Å². The fourth-order valence-electron chi connectivity index (χ4n) is 1.81. The minimum Gasteiger partial charge on any atom is -0.483 e. The molecule has 0 saturated heterocycles. The van der Waals surface area contributed by atoms with Crippen LogP contribution in [0.25, 0.3) is 0 Å². The van der Waals surface area contributed by atoms with E-state index in [1.54, 1.807) is 24.0 Å². The predicted molar refractivity (Wildman–Crippen MR) is 71.6 cm³/mol. The van der Waals surface area contributed by atoms with Crippen LogP contribution in [-0.4, -0.2) is 41.6 Å². The molecule has 0 spiro atoms. The number of rotatable bonds is 6. The number of carbonyl (C=O) groups excluding carboxylic acids is 1. The first-order chi connectivity index (χ1) is 9.01. The number of carboxylic acid groups (broad SMARTS) is 1. The second-order valence-corrected chi connectivity index (χ2v) is 4.09. The van der Waals surface area contributed by atoms with E-state index in [9.17, 15) is 9.59 Å². The second-order valence-electron chi connectivity index (χ2n) is 4.09. The summed E-state index contributed by atoms with van der Waals surface area (Å²) >= 11 is 0. The van der Waals surface area contributed by atoms with Gasteiger partial charge in [0.05, 0.1) is 5.56 Å². The number of benzene rings is 1. The molecule has 0 saturated carbocycles. The minimum absolute atomic E-state index is 0.0778. The van der Waals surface area contributed by atoms with E-state index < -0.39 is 5.97 Å². The lowest BCUT2D eigenvalue weighted by molar-refractivity contribution is -0.132. The average Bonchev–Trinajstić information content (AvgIpc) is 2.38. The van der Waals surface area contributed by atoms with Crippen molar-refractivity contribution in [3.63, 3.8) is 0 Å². The lowest BCUT2D eigenvalue weighted by atomic mass is 10.1. The molecule has 0 heterocycles. The first kappa shape index (κ1) is 15.0. The van der Waals surface area contributed by atoms with E-state index in [-0.39, 0.29) is 18.1 Å². The Morgan fingerprint density at radius 1 is 1.26 bits per heavy atom. The number of likely N-dealkylation sites (N-methyl/N-ethyl adjacent to an activating group) is 1. The molecule has 0 aliphatic heterocycles. The first-order valence-electron chi connectivity index (χ1n) is 6.24. The van der Waals surface area contributed by atoms with E-state index in [2.05, 4.69) is 0 Å². The van der Waals surface area contributed by atoms with Crippen molar-refractivity contribution >= 4 is 11.9 Å². The molecule has 1 rings (SSSR count). The van der Waals surface area contributed by atoms with Crippen molar-refractivity contribution in [1.82, 2.24) is 4.90 Å². The fourth-order valence-corrected chi connectivity index (χ4v) is 1.81. The molecule has 1 aromatic carbocycles. The molecule has 1 N–H and O–H groups in total. The van der Waals surface area contributed by atoms with Gasteiger partial charge in [0.25, 0.3) is 5.91 Å². The number of ether oxygens (including phenoxy) is 1. The van der Waals surface area contributed by atoms with Crippen LogP contribution in [-0.2, 0) is 4.79 Å². The normalized spacial score (nSPS) is 10.1. The maximum Gasteiger partial charge on any atom is 0.336 e. The summed E-state index contributed by atoms with van der Waals surface area (Å²) in [5.74, 6) is -0.677. The molecule has 0 aliphatic rings. The van der Waals surface area contributed by atoms with Crippen LogP contribution in [0.15, 0.2) is 18.2 Å². The van der Waals surface area contributed by atoms with Crippen molar-refractivity contribution in [2.24, 2.45) is 0 Å². The summed E-state index contributed by atoms with van der Waals surface area (Å²) in [4.78, 5) is 24.4. The molecule has 0 aliphatic carbocycles. The van der Waals surface area contributed by atoms with E-state index in [1.807, 2.05) is 13.8 Å². The Hall–Kier alpha value is -2.04. The number of nitrogens with zero attached hydrogens (tertiary/aromatic N) is 1. The third-order valence-electron chi connectivity index (χ3n) is 2.98. The van der Waals surface area contributed by atoms with Crippen molar-refractivity contribution in [1.29, 1.82) is 0 Å². The Kier molecular flexibility index (Phi) is 5.36. The van der Waals surface area contributed by atoms with Crippen molar-refractivity contribution in [2.75, 3.05) is 19.7 Å². The van der Waals surface area contributed by atoms with Gasteiger partial charge in [-0.1, -0.05) is 6.07 Å². The van der Waals surface area contributed by atoms with Crippen LogP contribution >= 0.6 is 0 Å². The summed E-state index contributed by atoms with van der Waals surface area (Å²) in [5.41, 5.74) is 0.718. The molecule has 0 unspecified atom stereocenters. The van der Waals surface area contributed by atoms with Gasteiger partial charge in [-0.25, -0.2) is 4.79 Å². The Balaban J connectivity index is 2.76. The molecule has 1 amide bonds. The van der Waals surface area contributed by atoms with Gasteiger partial charge in [0.15, 0.2) is 6.61 Å². The molecule has 0 atom stereocenters. The maximum absolute atomic E-state index is 11.8. The van der Waals surface area contributed by atoms with Crippen LogP contribution in [0, 0.1) is 6.92 Å². The molecule has 0 aromatic heterocycles. The van der Waals surface area contributed by atoms with E-state index in [1.165, 1.54) is 6.07 Å². The number of aromatic carboxylic acids is 1. The zero-order chi connectivity index (χ0) is 14.4. The largest absolute Gasteiger partial charge is 0.483 e. The quantitative estimate of drug-likeness (QED) is 0.853. The molecule has 0 radical (unpaired) electrons. The van der Waals surface area contributed by atoms with Gasteiger partial charge in [0, 0.05) is 18.7 Å². The fraction of sp³-hybridized carbons (Fsp3) is 0.429. The number of hydrogen-bond acceptors (Lipinski definition) is 3. The molecule has 0 fully saturated rings. The highest BCUT2D eigenvalue weighted by atomic mass is 16.5. The van der Waals surface area contributed by atoms with Gasteiger partial charge in [-0.2, -0.15) is 0 Å². The Morgan fingerprint density at radius 3 is 2.42 bits per heavy atom. The Morgan fingerprint density at radius 2 is 1.89 bits per heavy atom. The van der Waals surface area contributed by atoms with Crippen molar-refractivity contribution in [3.05, 3.63) is 29.3 Å². The van der Waals surface area contributed by atoms with E-state index >= 15 is 0 Å². The average molecular weight is 265 g/mol. The van der Waals surface area contributed by atoms with Gasteiger partial charge >= 0.3 is 5.97 Å². The molecule has 5 nitrogen and oxygen atoms in total. The highest BCUT2D eigenvalue weighted by Gasteiger charge is 2.14. The van der Waals surface area contributed by atoms with Crippen molar-refractivity contribution in [2.45, 2.75) is 20.8 Å². The monoisotopic (exact) mass is 265 g/mol. The van der Waals surface area contributed by atoms with Crippen LogP contribution in [0.2, 0.25) is 0 Å². The lowest BCUT2D eigenvalue weighted by Crippen LogP contribution is -2.34. The number of hydrogen-bond donors (Lipinski definition) is 1. The standard InChI is InChI=1S/C14H19NO4/c1-4-15(5-2)13(16)9-19-12-8-6-7-11(10(12)3)14(17)18/h6-8H,4-5,9H2,1-3H3,(H,17,18). The topological polar surface area (TPSA) is 66.8 Å². The number of carboxylic acids is 1. The maximum atomic E-state index is 11.8.